The molecule has 0 spiro atoms. The topological polar surface area (TPSA) is 30.7 Å². The van der Waals surface area contributed by atoms with Crippen molar-refractivity contribution in [1.29, 1.82) is 0 Å². The minimum Gasteiger partial charge on any atom is -0.310 e. The van der Waals surface area contributed by atoms with Gasteiger partial charge in [0.25, 0.3) is 0 Å². The molecular weight excluding hydrogens is 246 g/mol. The van der Waals surface area contributed by atoms with Crippen LogP contribution in [0.15, 0.2) is 18.3 Å². The summed E-state index contributed by atoms with van der Waals surface area (Å²) in [5.41, 5.74) is 2.02. The molecular formula is C14H18ClN3. The van der Waals surface area contributed by atoms with Crippen LogP contribution in [0.4, 0.5) is 0 Å². The lowest BCUT2D eigenvalue weighted by molar-refractivity contribution is 0.487. The first kappa shape index (κ1) is 12.0. The first-order chi connectivity index (χ1) is 8.79. The SMILES string of the molecule is CC1CCC(n2c(CCCl)nc3cccnc32)C1. The summed E-state index contributed by atoms with van der Waals surface area (Å²) in [6, 6.07) is 4.54. The number of halogens is 1. The van der Waals surface area contributed by atoms with E-state index in [2.05, 4.69) is 21.5 Å². The van der Waals surface area contributed by atoms with Crippen molar-refractivity contribution in [3.63, 3.8) is 0 Å². The number of fused-ring (bicyclic) bond motifs is 1. The van der Waals surface area contributed by atoms with Gasteiger partial charge in [0, 0.05) is 24.5 Å². The number of nitrogens with zero attached hydrogens (tertiary/aromatic N) is 3. The zero-order valence-electron chi connectivity index (χ0n) is 10.6. The monoisotopic (exact) mass is 263 g/mol. The summed E-state index contributed by atoms with van der Waals surface area (Å²) in [5, 5.41) is 0. The number of alkyl halides is 1. The van der Waals surface area contributed by atoms with Crippen LogP contribution in [-0.2, 0) is 6.42 Å². The van der Waals surface area contributed by atoms with Gasteiger partial charge in [-0.3, -0.25) is 0 Å². The summed E-state index contributed by atoms with van der Waals surface area (Å²) in [4.78, 5) is 9.20. The summed E-state index contributed by atoms with van der Waals surface area (Å²) in [5.74, 6) is 2.52. The van der Waals surface area contributed by atoms with Gasteiger partial charge >= 0.3 is 0 Å². The number of imidazole rings is 1. The van der Waals surface area contributed by atoms with E-state index < -0.39 is 0 Å². The average Bonchev–Trinajstić information content (AvgIpc) is 2.92. The Balaban J connectivity index is 2.09. The fourth-order valence-corrected chi connectivity index (χ4v) is 3.20. The minimum absolute atomic E-state index is 0.554. The fraction of sp³-hybridized carbons (Fsp3) is 0.571. The van der Waals surface area contributed by atoms with E-state index in [4.69, 9.17) is 11.6 Å². The van der Waals surface area contributed by atoms with Gasteiger partial charge < -0.3 is 4.57 Å². The van der Waals surface area contributed by atoms with Crippen LogP contribution < -0.4 is 0 Å². The Bertz CT molecular complexity index is 549. The van der Waals surface area contributed by atoms with Crippen molar-refractivity contribution in [3.8, 4) is 0 Å². The summed E-state index contributed by atoms with van der Waals surface area (Å²) in [7, 11) is 0. The van der Waals surface area contributed by atoms with Crippen molar-refractivity contribution >= 4 is 22.8 Å². The standard InChI is InChI=1S/C14H18ClN3/c1-10-4-5-11(9-10)18-13(6-7-15)17-12-3-2-8-16-14(12)18/h2-3,8,10-11H,4-7,9H2,1H3. The maximum Gasteiger partial charge on any atom is 0.160 e. The molecule has 96 valence electrons. The minimum atomic E-state index is 0.554. The van der Waals surface area contributed by atoms with Crippen LogP contribution in [0.2, 0.25) is 0 Å². The maximum atomic E-state index is 5.90. The molecule has 3 nitrogen and oxygen atoms in total. The zero-order valence-corrected chi connectivity index (χ0v) is 11.4. The van der Waals surface area contributed by atoms with Crippen molar-refractivity contribution < 1.29 is 0 Å². The van der Waals surface area contributed by atoms with Crippen molar-refractivity contribution in [2.45, 2.75) is 38.6 Å². The molecule has 18 heavy (non-hydrogen) atoms. The van der Waals surface area contributed by atoms with E-state index >= 15 is 0 Å². The molecule has 0 N–H and O–H groups in total. The summed E-state index contributed by atoms with van der Waals surface area (Å²) in [6.45, 7) is 2.33. The Labute approximate surface area is 112 Å². The Morgan fingerprint density at radius 1 is 1.44 bits per heavy atom. The molecule has 1 fully saturated rings. The molecule has 0 aliphatic heterocycles. The smallest absolute Gasteiger partial charge is 0.160 e. The molecule has 0 amide bonds. The molecule has 1 aliphatic rings. The second-order valence-corrected chi connectivity index (χ2v) is 5.63. The highest BCUT2D eigenvalue weighted by molar-refractivity contribution is 6.17. The van der Waals surface area contributed by atoms with Crippen molar-refractivity contribution in [2.24, 2.45) is 5.92 Å². The third-order valence-electron chi connectivity index (χ3n) is 3.87. The van der Waals surface area contributed by atoms with Gasteiger partial charge in [0.1, 0.15) is 11.3 Å². The number of hydrogen-bond acceptors (Lipinski definition) is 2. The van der Waals surface area contributed by atoms with E-state index in [1.54, 1.807) is 0 Å². The van der Waals surface area contributed by atoms with Gasteiger partial charge in [0.2, 0.25) is 0 Å². The number of pyridine rings is 1. The Morgan fingerprint density at radius 3 is 3.06 bits per heavy atom. The largest absolute Gasteiger partial charge is 0.310 e. The molecule has 2 unspecified atom stereocenters. The first-order valence-corrected chi connectivity index (χ1v) is 7.21. The van der Waals surface area contributed by atoms with Gasteiger partial charge in [-0.25, -0.2) is 9.97 Å². The van der Waals surface area contributed by atoms with Crippen molar-refractivity contribution in [1.82, 2.24) is 14.5 Å². The highest BCUT2D eigenvalue weighted by atomic mass is 35.5. The predicted octanol–water partition coefficient (Wildman–Crippen LogP) is 3.57. The van der Waals surface area contributed by atoms with E-state index in [-0.39, 0.29) is 0 Å². The van der Waals surface area contributed by atoms with Gasteiger partial charge in [-0.1, -0.05) is 6.92 Å². The van der Waals surface area contributed by atoms with E-state index in [0.29, 0.717) is 11.9 Å². The Kier molecular flexibility index (Phi) is 3.25. The molecule has 2 aromatic heterocycles. The van der Waals surface area contributed by atoms with Crippen molar-refractivity contribution in [2.75, 3.05) is 5.88 Å². The molecule has 1 aliphatic carbocycles. The zero-order chi connectivity index (χ0) is 12.5. The number of aryl methyl sites for hydroxylation is 1. The molecule has 3 rings (SSSR count). The number of rotatable bonds is 3. The molecule has 0 saturated heterocycles. The number of aromatic nitrogens is 3. The highest BCUT2D eigenvalue weighted by Gasteiger charge is 2.26. The summed E-state index contributed by atoms with van der Waals surface area (Å²) >= 11 is 5.90. The lowest BCUT2D eigenvalue weighted by Gasteiger charge is -2.15. The van der Waals surface area contributed by atoms with Crippen LogP contribution in [0.1, 0.15) is 38.1 Å². The van der Waals surface area contributed by atoms with Crippen LogP contribution in [0, 0.1) is 5.92 Å². The molecule has 2 aromatic rings. The molecule has 4 heteroatoms. The molecule has 0 bridgehead atoms. The third kappa shape index (κ3) is 2.01. The average molecular weight is 264 g/mol. The molecule has 2 heterocycles. The van der Waals surface area contributed by atoms with Crippen LogP contribution in [-0.4, -0.2) is 20.4 Å². The first-order valence-electron chi connectivity index (χ1n) is 6.67. The van der Waals surface area contributed by atoms with Crippen molar-refractivity contribution in [3.05, 3.63) is 24.2 Å². The number of hydrogen-bond donors (Lipinski definition) is 0. The van der Waals surface area contributed by atoms with E-state index in [1.165, 1.54) is 19.3 Å². The van der Waals surface area contributed by atoms with Crippen LogP contribution >= 0.6 is 11.6 Å². The van der Waals surface area contributed by atoms with E-state index in [0.717, 1.165) is 29.3 Å². The van der Waals surface area contributed by atoms with Gasteiger partial charge in [0.15, 0.2) is 5.65 Å². The predicted molar refractivity (Wildman–Crippen MR) is 74.0 cm³/mol. The second-order valence-electron chi connectivity index (χ2n) is 5.26. The van der Waals surface area contributed by atoms with Gasteiger partial charge in [-0.15, -0.1) is 11.6 Å². The summed E-state index contributed by atoms with van der Waals surface area (Å²) in [6.07, 6.45) is 6.44. The van der Waals surface area contributed by atoms with Gasteiger partial charge in [-0.05, 0) is 37.3 Å². The third-order valence-corrected chi connectivity index (χ3v) is 4.06. The Hall–Kier alpha value is -1.09. The van der Waals surface area contributed by atoms with Gasteiger partial charge in [-0.2, -0.15) is 0 Å². The van der Waals surface area contributed by atoms with Crippen LogP contribution in [0.25, 0.3) is 11.2 Å². The maximum absolute atomic E-state index is 5.90. The van der Waals surface area contributed by atoms with Crippen LogP contribution in [0.3, 0.4) is 0 Å². The molecule has 0 radical (unpaired) electrons. The van der Waals surface area contributed by atoms with E-state index in [1.807, 2.05) is 18.3 Å². The molecule has 2 atom stereocenters. The second kappa shape index (κ2) is 4.88. The lowest BCUT2D eigenvalue weighted by Crippen LogP contribution is -2.11. The van der Waals surface area contributed by atoms with E-state index in [9.17, 15) is 0 Å². The Morgan fingerprint density at radius 2 is 2.33 bits per heavy atom. The van der Waals surface area contributed by atoms with Crippen LogP contribution in [0.5, 0.6) is 0 Å². The summed E-state index contributed by atoms with van der Waals surface area (Å²) < 4.78 is 2.33. The normalized spacial score (nSPS) is 23.9. The molecule has 0 aromatic carbocycles. The van der Waals surface area contributed by atoms with Gasteiger partial charge in [0.05, 0.1) is 0 Å². The quantitative estimate of drug-likeness (QED) is 0.793. The fourth-order valence-electron chi connectivity index (χ4n) is 3.03. The highest BCUT2D eigenvalue weighted by Crippen LogP contribution is 2.36. The molecule has 1 saturated carbocycles. The lowest BCUT2D eigenvalue weighted by atomic mass is 10.1.